The van der Waals surface area contributed by atoms with Gasteiger partial charge in [-0.3, -0.25) is 0 Å². The number of likely N-dealkylation sites (tertiary alicyclic amines) is 1. The summed E-state index contributed by atoms with van der Waals surface area (Å²) in [6.45, 7) is 4.86. The van der Waals surface area contributed by atoms with Crippen LogP contribution < -0.4 is 10.6 Å². The van der Waals surface area contributed by atoms with Crippen LogP contribution in [0.3, 0.4) is 0 Å². The highest BCUT2D eigenvalue weighted by atomic mass is 16.5. The molecule has 0 aromatic rings. The number of hydrogen-bond donors (Lipinski definition) is 2. The van der Waals surface area contributed by atoms with E-state index in [0.29, 0.717) is 12.6 Å². The number of nitrogens with one attached hydrogen (secondary N) is 2. The van der Waals surface area contributed by atoms with E-state index in [2.05, 4.69) is 15.5 Å². The lowest BCUT2D eigenvalue weighted by molar-refractivity contribution is 0.111. The van der Waals surface area contributed by atoms with Gasteiger partial charge < -0.3 is 20.3 Å². The number of urea groups is 1. The predicted octanol–water partition coefficient (Wildman–Crippen LogP) is 0.949. The van der Waals surface area contributed by atoms with E-state index < -0.39 is 0 Å². The lowest BCUT2D eigenvalue weighted by Gasteiger charge is -2.17. The fraction of sp³-hybridized carbons (Fsp3) is 0.929. The van der Waals surface area contributed by atoms with Gasteiger partial charge in [0.2, 0.25) is 0 Å². The van der Waals surface area contributed by atoms with Crippen molar-refractivity contribution in [3.63, 3.8) is 0 Å². The second kappa shape index (κ2) is 6.09. The van der Waals surface area contributed by atoms with Crippen molar-refractivity contribution >= 4 is 6.03 Å². The third-order valence-corrected chi connectivity index (χ3v) is 4.34. The van der Waals surface area contributed by atoms with E-state index in [0.717, 1.165) is 44.9 Å². The van der Waals surface area contributed by atoms with Crippen LogP contribution in [0.4, 0.5) is 4.79 Å². The molecular formula is C14H25N3O2. The molecule has 3 rings (SSSR count). The maximum Gasteiger partial charge on any atom is 0.315 e. The minimum Gasteiger partial charge on any atom is -0.376 e. The largest absolute Gasteiger partial charge is 0.376 e. The van der Waals surface area contributed by atoms with Gasteiger partial charge in [-0.2, -0.15) is 0 Å². The summed E-state index contributed by atoms with van der Waals surface area (Å²) in [5.41, 5.74) is 0. The minimum absolute atomic E-state index is 0.0335. The molecule has 0 spiro atoms. The van der Waals surface area contributed by atoms with Gasteiger partial charge in [0.1, 0.15) is 0 Å². The molecule has 1 aliphatic carbocycles. The maximum atomic E-state index is 11.8. The van der Waals surface area contributed by atoms with Gasteiger partial charge in [0.15, 0.2) is 0 Å². The topological polar surface area (TPSA) is 53.6 Å². The number of rotatable bonds is 5. The molecule has 2 aliphatic heterocycles. The van der Waals surface area contributed by atoms with Crippen LogP contribution in [-0.4, -0.2) is 55.9 Å². The van der Waals surface area contributed by atoms with Gasteiger partial charge in [-0.25, -0.2) is 4.79 Å². The number of carbonyl (C=O) groups is 1. The molecule has 2 heterocycles. The number of amides is 2. The van der Waals surface area contributed by atoms with Crippen molar-refractivity contribution in [1.82, 2.24) is 15.5 Å². The van der Waals surface area contributed by atoms with Gasteiger partial charge in [0.05, 0.1) is 6.10 Å². The summed E-state index contributed by atoms with van der Waals surface area (Å²) in [6, 6.07) is 0.289. The van der Waals surface area contributed by atoms with Crippen molar-refractivity contribution in [2.45, 2.75) is 44.2 Å². The molecule has 0 radical (unpaired) electrons. The Bertz CT molecular complexity index is 314. The molecule has 0 aromatic heterocycles. The van der Waals surface area contributed by atoms with Gasteiger partial charge in [0.25, 0.3) is 0 Å². The molecule has 3 fully saturated rings. The van der Waals surface area contributed by atoms with E-state index in [1.165, 1.54) is 19.4 Å². The predicted molar refractivity (Wildman–Crippen MR) is 73.1 cm³/mol. The first-order chi connectivity index (χ1) is 9.29. The average Bonchev–Trinajstić information content (AvgIpc) is 2.90. The van der Waals surface area contributed by atoms with Crippen molar-refractivity contribution in [3.05, 3.63) is 0 Å². The monoisotopic (exact) mass is 267 g/mol. The Balaban J connectivity index is 1.30. The standard InChI is InChI=1S/C14H25N3O2/c18-14(15-8-13-2-1-7-19-13)16-12-5-6-17(10-12)9-11-3-4-11/h11-13H,1-10H2,(H2,15,16,18)/t12-,13-/m0/s1. The summed E-state index contributed by atoms with van der Waals surface area (Å²) in [7, 11) is 0. The van der Waals surface area contributed by atoms with Crippen LogP contribution in [0.2, 0.25) is 0 Å². The van der Waals surface area contributed by atoms with E-state index in [1.807, 2.05) is 0 Å². The molecule has 0 bridgehead atoms. The first-order valence-electron chi connectivity index (χ1n) is 7.68. The van der Waals surface area contributed by atoms with Crippen molar-refractivity contribution in [2.75, 3.05) is 32.8 Å². The lowest BCUT2D eigenvalue weighted by Crippen LogP contribution is -2.45. The smallest absolute Gasteiger partial charge is 0.315 e. The van der Waals surface area contributed by atoms with Crippen LogP contribution in [0.25, 0.3) is 0 Å². The Morgan fingerprint density at radius 1 is 1.26 bits per heavy atom. The van der Waals surface area contributed by atoms with Crippen molar-refractivity contribution < 1.29 is 9.53 Å². The SMILES string of the molecule is O=C(NC[C@@H]1CCCO1)N[C@H]1CCN(CC2CC2)C1. The van der Waals surface area contributed by atoms with Gasteiger partial charge in [-0.1, -0.05) is 0 Å². The van der Waals surface area contributed by atoms with Gasteiger partial charge in [-0.15, -0.1) is 0 Å². The molecule has 0 aromatic carbocycles. The summed E-state index contributed by atoms with van der Waals surface area (Å²) in [4.78, 5) is 14.3. The molecule has 108 valence electrons. The molecule has 2 amide bonds. The fourth-order valence-electron chi connectivity index (χ4n) is 3.03. The van der Waals surface area contributed by atoms with Crippen molar-refractivity contribution in [1.29, 1.82) is 0 Å². The Morgan fingerprint density at radius 2 is 2.16 bits per heavy atom. The molecule has 2 N–H and O–H groups in total. The number of nitrogens with zero attached hydrogens (tertiary/aromatic N) is 1. The first-order valence-corrected chi connectivity index (χ1v) is 7.68. The van der Waals surface area contributed by atoms with Crippen molar-refractivity contribution in [3.8, 4) is 0 Å². The van der Waals surface area contributed by atoms with Crippen LogP contribution >= 0.6 is 0 Å². The average molecular weight is 267 g/mol. The third-order valence-electron chi connectivity index (χ3n) is 4.34. The first kappa shape index (κ1) is 13.2. The summed E-state index contributed by atoms with van der Waals surface area (Å²) >= 11 is 0. The molecule has 3 aliphatic rings. The van der Waals surface area contributed by atoms with Crippen LogP contribution in [0, 0.1) is 5.92 Å². The zero-order valence-corrected chi connectivity index (χ0v) is 11.6. The van der Waals surface area contributed by atoms with Gasteiger partial charge in [0, 0.05) is 38.8 Å². The van der Waals surface area contributed by atoms with E-state index in [9.17, 15) is 4.79 Å². The summed E-state index contributed by atoms with van der Waals surface area (Å²) in [5.74, 6) is 0.937. The highest BCUT2D eigenvalue weighted by Crippen LogP contribution is 2.30. The fourth-order valence-corrected chi connectivity index (χ4v) is 3.03. The van der Waals surface area contributed by atoms with E-state index in [4.69, 9.17) is 4.74 Å². The van der Waals surface area contributed by atoms with E-state index in [1.54, 1.807) is 0 Å². The van der Waals surface area contributed by atoms with Gasteiger partial charge >= 0.3 is 6.03 Å². The van der Waals surface area contributed by atoms with E-state index in [-0.39, 0.29) is 12.1 Å². The molecular weight excluding hydrogens is 242 g/mol. The van der Waals surface area contributed by atoms with Crippen LogP contribution in [0.1, 0.15) is 32.1 Å². The summed E-state index contributed by atoms with van der Waals surface area (Å²) in [5, 5.41) is 6.01. The van der Waals surface area contributed by atoms with E-state index >= 15 is 0 Å². The third kappa shape index (κ3) is 4.08. The normalized spacial score (nSPS) is 31.6. The Hall–Kier alpha value is -0.810. The minimum atomic E-state index is -0.0335. The zero-order valence-electron chi connectivity index (χ0n) is 11.6. The quantitative estimate of drug-likeness (QED) is 0.780. The highest BCUT2D eigenvalue weighted by Gasteiger charge is 2.29. The van der Waals surface area contributed by atoms with Crippen LogP contribution in [-0.2, 0) is 4.74 Å². The summed E-state index contributed by atoms with van der Waals surface area (Å²) < 4.78 is 5.49. The molecule has 2 atom stereocenters. The molecule has 0 unspecified atom stereocenters. The number of ether oxygens (including phenoxy) is 1. The van der Waals surface area contributed by atoms with Crippen LogP contribution in [0.5, 0.6) is 0 Å². The zero-order chi connectivity index (χ0) is 13.1. The molecule has 5 nitrogen and oxygen atoms in total. The molecule has 1 saturated carbocycles. The second-order valence-electron chi connectivity index (χ2n) is 6.18. The molecule has 2 saturated heterocycles. The maximum absolute atomic E-state index is 11.8. The molecule has 5 heteroatoms. The lowest BCUT2D eigenvalue weighted by atomic mass is 10.2. The van der Waals surface area contributed by atoms with Gasteiger partial charge in [-0.05, 0) is 38.0 Å². The molecule has 19 heavy (non-hydrogen) atoms. The Labute approximate surface area is 115 Å². The Morgan fingerprint density at radius 3 is 2.89 bits per heavy atom. The van der Waals surface area contributed by atoms with Crippen molar-refractivity contribution in [2.24, 2.45) is 5.92 Å². The Kier molecular flexibility index (Phi) is 4.23. The number of hydrogen-bond acceptors (Lipinski definition) is 3. The highest BCUT2D eigenvalue weighted by molar-refractivity contribution is 5.74. The summed E-state index contributed by atoms with van der Waals surface area (Å²) in [6.07, 6.45) is 6.29. The van der Waals surface area contributed by atoms with Crippen LogP contribution in [0.15, 0.2) is 0 Å². The second-order valence-corrected chi connectivity index (χ2v) is 6.18. The number of carbonyl (C=O) groups excluding carboxylic acids is 1.